The van der Waals surface area contributed by atoms with E-state index in [1.54, 1.807) is 0 Å². The fourth-order valence-corrected chi connectivity index (χ4v) is 5.12. The zero-order valence-electron chi connectivity index (χ0n) is 15.5. The summed E-state index contributed by atoms with van der Waals surface area (Å²) < 4.78 is 59.4. The Morgan fingerprint density at radius 2 is 0.840 bits per heavy atom. The second-order valence-electron chi connectivity index (χ2n) is 6.84. The summed E-state index contributed by atoms with van der Waals surface area (Å²) in [7, 11) is -9.56. The maximum atomic E-state index is 11.0. The molecule has 8 heteroatoms. The Morgan fingerprint density at radius 3 is 1.12 bits per heavy atom. The molecule has 2 N–H and O–H groups in total. The summed E-state index contributed by atoms with van der Waals surface area (Å²) in [5.74, 6) is 0. The maximum absolute atomic E-state index is 11.0. The highest BCUT2D eigenvalue weighted by molar-refractivity contribution is 8.03. The van der Waals surface area contributed by atoms with E-state index in [4.69, 9.17) is 9.11 Å². The van der Waals surface area contributed by atoms with E-state index in [2.05, 4.69) is 6.92 Å². The average Bonchev–Trinajstić information content (AvgIpc) is 2.48. The Balaban J connectivity index is 3.53. The molecule has 0 aromatic rings. The first-order valence-electron chi connectivity index (χ1n) is 9.62. The van der Waals surface area contributed by atoms with E-state index < -0.39 is 24.8 Å². The van der Waals surface area contributed by atoms with Gasteiger partial charge in [0.1, 0.15) is 0 Å². The van der Waals surface area contributed by atoms with E-state index in [-0.39, 0.29) is 6.42 Å². The highest BCUT2D eigenvalue weighted by Crippen LogP contribution is 2.17. The molecule has 25 heavy (non-hydrogen) atoms. The van der Waals surface area contributed by atoms with Gasteiger partial charge in [-0.25, -0.2) is 0 Å². The molecule has 0 aromatic carbocycles. The largest absolute Gasteiger partial charge is 0.284 e. The number of hydrogen-bond acceptors (Lipinski definition) is 4. The van der Waals surface area contributed by atoms with Crippen molar-refractivity contribution in [1.29, 1.82) is 0 Å². The van der Waals surface area contributed by atoms with Crippen molar-refractivity contribution in [3.05, 3.63) is 0 Å². The lowest BCUT2D eigenvalue weighted by atomic mass is 10.0. The molecule has 0 fully saturated rings. The first-order valence-corrected chi connectivity index (χ1v) is 12.6. The van der Waals surface area contributed by atoms with E-state index in [1.165, 1.54) is 57.8 Å². The van der Waals surface area contributed by atoms with Gasteiger partial charge in [0, 0.05) is 0 Å². The third kappa shape index (κ3) is 14.7. The minimum atomic E-state index is -4.78. The Morgan fingerprint density at radius 1 is 0.560 bits per heavy atom. The van der Waals surface area contributed by atoms with Crippen LogP contribution in [0.1, 0.15) is 103 Å². The van der Waals surface area contributed by atoms with Gasteiger partial charge in [0.15, 0.2) is 0 Å². The second kappa shape index (κ2) is 13.9. The van der Waals surface area contributed by atoms with Gasteiger partial charge >= 0.3 is 0 Å². The fourth-order valence-electron chi connectivity index (χ4n) is 2.96. The van der Waals surface area contributed by atoms with Gasteiger partial charge < -0.3 is 0 Å². The van der Waals surface area contributed by atoms with Crippen LogP contribution in [0.25, 0.3) is 0 Å². The maximum Gasteiger partial charge on any atom is 0.284 e. The fraction of sp³-hybridized carbons (Fsp3) is 1.00. The van der Waals surface area contributed by atoms with Gasteiger partial charge in [-0.1, -0.05) is 96.8 Å². The lowest BCUT2D eigenvalue weighted by molar-refractivity contribution is 0.446. The standard InChI is InChI=1S/C17H36O6S2/c1-2-3-4-5-6-7-8-9-10-11-12-13-14-15-16-17(24(18,19)20)25(21,22)23/h17H,2-16H2,1H3,(H,18,19,20)(H,21,22,23). The van der Waals surface area contributed by atoms with Gasteiger partial charge in [-0.15, -0.1) is 0 Å². The predicted octanol–water partition coefficient (Wildman–Crippen LogP) is 4.96. The lowest BCUT2D eigenvalue weighted by Crippen LogP contribution is -2.29. The van der Waals surface area contributed by atoms with Crippen LogP contribution in [0.4, 0.5) is 0 Å². The zero-order valence-corrected chi connectivity index (χ0v) is 17.2. The van der Waals surface area contributed by atoms with Crippen LogP contribution in [0, 0.1) is 0 Å². The predicted molar refractivity (Wildman–Crippen MR) is 102 cm³/mol. The molecule has 0 heterocycles. The molecule has 0 atom stereocenters. The average molecular weight is 401 g/mol. The number of hydrogen-bond donors (Lipinski definition) is 2. The van der Waals surface area contributed by atoms with Crippen LogP contribution in [0.3, 0.4) is 0 Å². The summed E-state index contributed by atoms with van der Waals surface area (Å²) in [4.78, 5) is 0. The molecular formula is C17H36O6S2. The Bertz CT molecular complexity index is 481. The van der Waals surface area contributed by atoms with Gasteiger partial charge in [0.2, 0.25) is 4.58 Å². The topological polar surface area (TPSA) is 109 Å². The monoisotopic (exact) mass is 400 g/mol. The lowest BCUT2D eigenvalue weighted by Gasteiger charge is -2.10. The second-order valence-corrected chi connectivity index (χ2v) is 10.3. The molecule has 0 aromatic heterocycles. The Labute approximate surface area is 154 Å². The van der Waals surface area contributed by atoms with Crippen molar-refractivity contribution >= 4 is 20.2 Å². The SMILES string of the molecule is CCCCCCCCCCCCCCCCC(S(=O)(=O)O)S(=O)(=O)O. The van der Waals surface area contributed by atoms with Gasteiger partial charge in [-0.05, 0) is 6.42 Å². The van der Waals surface area contributed by atoms with Crippen LogP contribution >= 0.6 is 0 Å². The van der Waals surface area contributed by atoms with E-state index >= 15 is 0 Å². The van der Waals surface area contributed by atoms with Crippen LogP contribution in [0.5, 0.6) is 0 Å². The van der Waals surface area contributed by atoms with Crippen molar-refractivity contribution in [3.8, 4) is 0 Å². The summed E-state index contributed by atoms with van der Waals surface area (Å²) in [6.45, 7) is 2.22. The van der Waals surface area contributed by atoms with Crippen LogP contribution in [-0.4, -0.2) is 30.5 Å². The molecule has 6 nitrogen and oxygen atoms in total. The Kier molecular flexibility index (Phi) is 13.8. The van der Waals surface area contributed by atoms with Gasteiger partial charge in [0.05, 0.1) is 0 Å². The van der Waals surface area contributed by atoms with Gasteiger partial charge in [0.25, 0.3) is 20.2 Å². The molecule has 0 aliphatic rings. The zero-order chi connectivity index (χ0) is 19.2. The highest BCUT2D eigenvalue weighted by atomic mass is 32.3. The van der Waals surface area contributed by atoms with Crippen LogP contribution < -0.4 is 0 Å². The van der Waals surface area contributed by atoms with Crippen molar-refractivity contribution in [2.24, 2.45) is 0 Å². The first-order chi connectivity index (χ1) is 11.7. The molecule has 0 radical (unpaired) electrons. The normalized spacial score (nSPS) is 12.8. The molecule has 152 valence electrons. The first kappa shape index (κ1) is 24.8. The summed E-state index contributed by atoms with van der Waals surface area (Å²) in [5, 5.41) is 0. The van der Waals surface area contributed by atoms with Crippen molar-refractivity contribution < 1.29 is 25.9 Å². The van der Waals surface area contributed by atoms with Crippen molar-refractivity contribution in [3.63, 3.8) is 0 Å². The number of rotatable bonds is 17. The third-order valence-electron chi connectivity index (χ3n) is 4.46. The smallest absolute Gasteiger partial charge is 0.284 e. The van der Waals surface area contributed by atoms with Crippen LogP contribution in [0.15, 0.2) is 0 Å². The van der Waals surface area contributed by atoms with Crippen molar-refractivity contribution in [2.75, 3.05) is 0 Å². The van der Waals surface area contributed by atoms with Crippen molar-refractivity contribution in [1.82, 2.24) is 0 Å². The molecule has 0 bridgehead atoms. The van der Waals surface area contributed by atoms with Crippen LogP contribution in [0.2, 0.25) is 0 Å². The highest BCUT2D eigenvalue weighted by Gasteiger charge is 2.34. The van der Waals surface area contributed by atoms with E-state index in [0.29, 0.717) is 12.8 Å². The Hall–Kier alpha value is -0.180. The van der Waals surface area contributed by atoms with E-state index in [0.717, 1.165) is 19.3 Å². The van der Waals surface area contributed by atoms with E-state index in [9.17, 15) is 16.8 Å². The quantitative estimate of drug-likeness (QED) is 0.264. The van der Waals surface area contributed by atoms with Crippen molar-refractivity contribution in [2.45, 2.75) is 108 Å². The van der Waals surface area contributed by atoms with E-state index in [1.807, 2.05) is 0 Å². The molecule has 0 rings (SSSR count). The molecule has 0 saturated heterocycles. The van der Waals surface area contributed by atoms with Gasteiger partial charge in [-0.2, -0.15) is 16.8 Å². The molecule has 0 saturated carbocycles. The molecule has 0 unspecified atom stereocenters. The summed E-state index contributed by atoms with van der Waals surface area (Å²) in [5.41, 5.74) is 0. The van der Waals surface area contributed by atoms with Crippen LogP contribution in [-0.2, 0) is 20.2 Å². The summed E-state index contributed by atoms with van der Waals surface area (Å²) >= 11 is 0. The molecule has 0 aliphatic carbocycles. The summed E-state index contributed by atoms with van der Waals surface area (Å²) in [6.07, 6.45) is 15.6. The minimum Gasteiger partial charge on any atom is -0.284 e. The minimum absolute atomic E-state index is 0.268. The molecule has 0 amide bonds. The summed E-state index contributed by atoms with van der Waals surface area (Å²) in [6, 6.07) is 0. The molecule has 0 spiro atoms. The third-order valence-corrected chi connectivity index (χ3v) is 7.72. The molecule has 0 aliphatic heterocycles. The number of unbranched alkanes of at least 4 members (excludes halogenated alkanes) is 13. The molecular weight excluding hydrogens is 364 g/mol. The van der Waals surface area contributed by atoms with Gasteiger partial charge in [-0.3, -0.25) is 9.11 Å².